The molecule has 0 aliphatic carbocycles. The molecule has 0 fully saturated rings. The number of benzene rings is 2. The minimum Gasteiger partial charge on any atom is -0.384 e. The van der Waals surface area contributed by atoms with Crippen molar-refractivity contribution in [3.8, 4) is 0 Å². The molecule has 1 unspecified atom stereocenters. The Morgan fingerprint density at radius 2 is 1.90 bits per heavy atom. The number of para-hydroxylation sites is 1. The van der Waals surface area contributed by atoms with Crippen molar-refractivity contribution in [2.75, 3.05) is 0 Å². The predicted molar refractivity (Wildman–Crippen MR) is 77.0 cm³/mol. The molecular weight excluding hydrogens is 256 g/mol. The van der Waals surface area contributed by atoms with E-state index < -0.39 is 6.10 Å². The first-order chi connectivity index (χ1) is 9.74. The van der Waals surface area contributed by atoms with Crippen molar-refractivity contribution in [2.45, 2.75) is 12.6 Å². The Kier molecular flexibility index (Phi) is 3.04. The van der Waals surface area contributed by atoms with Gasteiger partial charge in [-0.15, -0.1) is 4.91 Å². The minimum absolute atomic E-state index is 0.182. The van der Waals surface area contributed by atoms with Gasteiger partial charge in [-0.05, 0) is 29.4 Å². The van der Waals surface area contributed by atoms with Crippen molar-refractivity contribution >= 4 is 33.8 Å². The zero-order valence-electron chi connectivity index (χ0n) is 10.6. The maximum Gasteiger partial charge on any atom is 0.150 e. The van der Waals surface area contributed by atoms with Gasteiger partial charge in [0.05, 0.1) is 6.54 Å². The van der Waals surface area contributed by atoms with Gasteiger partial charge in [-0.25, -0.2) is 0 Å². The summed E-state index contributed by atoms with van der Waals surface area (Å²) in [5, 5.41) is 14.4. The summed E-state index contributed by atoms with van der Waals surface area (Å²) in [7, 11) is 0. The number of carbonyl (C=O) groups is 1. The van der Waals surface area contributed by atoms with Gasteiger partial charge in [-0.2, -0.15) is 0 Å². The molecule has 0 bridgehead atoms. The molecule has 0 amide bonds. The summed E-state index contributed by atoms with van der Waals surface area (Å²) in [5.41, 5.74) is 2.13. The molecular formula is C15H12N2O3. The molecule has 0 aliphatic heterocycles. The number of aliphatic hydroxyl groups excluding tert-OH is 1. The van der Waals surface area contributed by atoms with Gasteiger partial charge in [0, 0.05) is 21.8 Å². The fourth-order valence-corrected chi connectivity index (χ4v) is 2.53. The van der Waals surface area contributed by atoms with Crippen LogP contribution in [0.1, 0.15) is 0 Å². The van der Waals surface area contributed by atoms with E-state index >= 15 is 0 Å². The number of aliphatic hydroxyl groups is 1. The van der Waals surface area contributed by atoms with Crippen LogP contribution >= 0.6 is 0 Å². The van der Waals surface area contributed by atoms with E-state index in [1.165, 1.54) is 0 Å². The Labute approximate surface area is 114 Å². The lowest BCUT2D eigenvalue weighted by Gasteiger charge is -2.08. The zero-order valence-corrected chi connectivity index (χ0v) is 10.6. The van der Waals surface area contributed by atoms with Crippen molar-refractivity contribution < 1.29 is 9.90 Å². The number of rotatable bonds is 4. The van der Waals surface area contributed by atoms with E-state index in [0.29, 0.717) is 12.0 Å². The third-order valence-electron chi connectivity index (χ3n) is 3.39. The van der Waals surface area contributed by atoms with Crippen LogP contribution in [0.25, 0.3) is 21.8 Å². The summed E-state index contributed by atoms with van der Waals surface area (Å²) < 4.78 is 1.87. The van der Waals surface area contributed by atoms with Crippen LogP contribution in [0.4, 0.5) is 5.69 Å². The van der Waals surface area contributed by atoms with Gasteiger partial charge in [-0.3, -0.25) is 0 Å². The Bertz CT molecular complexity index is 807. The summed E-state index contributed by atoms with van der Waals surface area (Å²) in [5.74, 6) is 0. The van der Waals surface area contributed by atoms with Crippen LogP contribution in [0.15, 0.2) is 47.6 Å². The van der Waals surface area contributed by atoms with Crippen molar-refractivity contribution in [3.05, 3.63) is 47.4 Å². The molecule has 100 valence electrons. The van der Waals surface area contributed by atoms with Crippen LogP contribution < -0.4 is 0 Å². The van der Waals surface area contributed by atoms with Gasteiger partial charge >= 0.3 is 0 Å². The standard InChI is InChI=1S/C15H12N2O3/c18-9-11(19)8-17-14-4-2-1-3-12(14)13-7-10(16-20)5-6-15(13)17/h1-7,9,11,19H,8H2. The normalized spacial score (nSPS) is 12.7. The molecule has 0 saturated heterocycles. The Morgan fingerprint density at radius 1 is 1.15 bits per heavy atom. The number of fused-ring (bicyclic) bond motifs is 3. The molecule has 3 rings (SSSR count). The summed E-state index contributed by atoms with van der Waals surface area (Å²) in [4.78, 5) is 21.4. The number of nitroso groups, excluding NO2 is 1. The molecule has 1 aromatic heterocycles. The Morgan fingerprint density at radius 3 is 2.65 bits per heavy atom. The molecule has 0 spiro atoms. The van der Waals surface area contributed by atoms with E-state index in [9.17, 15) is 14.8 Å². The lowest BCUT2D eigenvalue weighted by Crippen LogP contribution is -2.16. The summed E-state index contributed by atoms with van der Waals surface area (Å²) in [6.07, 6.45) is -0.542. The second kappa shape index (κ2) is 4.86. The number of nitrogens with zero attached hydrogens (tertiary/aromatic N) is 2. The van der Waals surface area contributed by atoms with E-state index in [2.05, 4.69) is 5.18 Å². The number of hydrogen-bond acceptors (Lipinski definition) is 4. The van der Waals surface area contributed by atoms with E-state index in [1.54, 1.807) is 18.2 Å². The van der Waals surface area contributed by atoms with E-state index in [1.807, 2.05) is 28.8 Å². The van der Waals surface area contributed by atoms with Crippen molar-refractivity contribution in [2.24, 2.45) is 5.18 Å². The number of aldehydes is 1. The maximum atomic E-state index is 10.7. The monoisotopic (exact) mass is 268 g/mol. The quantitative estimate of drug-likeness (QED) is 0.584. The van der Waals surface area contributed by atoms with E-state index in [4.69, 9.17) is 0 Å². The first-order valence-corrected chi connectivity index (χ1v) is 6.22. The Hall–Kier alpha value is -2.53. The lowest BCUT2D eigenvalue weighted by molar-refractivity contribution is -0.115. The minimum atomic E-state index is -1.06. The second-order valence-corrected chi connectivity index (χ2v) is 4.62. The molecule has 2 aromatic carbocycles. The third-order valence-corrected chi connectivity index (χ3v) is 3.39. The van der Waals surface area contributed by atoms with Crippen LogP contribution in [0.2, 0.25) is 0 Å². The van der Waals surface area contributed by atoms with Gasteiger partial charge in [0.2, 0.25) is 0 Å². The van der Waals surface area contributed by atoms with Gasteiger partial charge in [0.1, 0.15) is 18.1 Å². The Balaban J connectivity index is 2.34. The summed E-state index contributed by atoms with van der Waals surface area (Å²) >= 11 is 0. The molecule has 1 atom stereocenters. The molecule has 3 aromatic rings. The molecule has 0 aliphatic rings. The highest BCUT2D eigenvalue weighted by molar-refractivity contribution is 6.09. The largest absolute Gasteiger partial charge is 0.384 e. The molecule has 5 heteroatoms. The van der Waals surface area contributed by atoms with Gasteiger partial charge in [0.15, 0.2) is 0 Å². The summed E-state index contributed by atoms with van der Waals surface area (Å²) in [6.45, 7) is 0.182. The predicted octanol–water partition coefficient (Wildman–Crippen LogP) is 2.75. The molecule has 1 heterocycles. The van der Waals surface area contributed by atoms with Gasteiger partial charge < -0.3 is 14.5 Å². The number of carbonyl (C=O) groups excluding carboxylic acids is 1. The molecule has 1 N–H and O–H groups in total. The molecule has 20 heavy (non-hydrogen) atoms. The fourth-order valence-electron chi connectivity index (χ4n) is 2.53. The molecule has 0 saturated carbocycles. The fraction of sp³-hybridized carbons (Fsp3) is 0.133. The second-order valence-electron chi connectivity index (χ2n) is 4.62. The molecule has 5 nitrogen and oxygen atoms in total. The van der Waals surface area contributed by atoms with E-state index in [0.717, 1.165) is 21.8 Å². The SMILES string of the molecule is O=CC(O)Cn1c2ccccc2c2cc(N=O)ccc21. The highest BCUT2D eigenvalue weighted by Crippen LogP contribution is 2.31. The number of hydrogen-bond donors (Lipinski definition) is 1. The average Bonchev–Trinajstić information content (AvgIpc) is 2.81. The number of aromatic nitrogens is 1. The topological polar surface area (TPSA) is 71.7 Å². The van der Waals surface area contributed by atoms with Crippen LogP contribution in [0, 0.1) is 4.91 Å². The maximum absolute atomic E-state index is 10.7. The summed E-state index contributed by atoms with van der Waals surface area (Å²) in [6, 6.07) is 12.8. The van der Waals surface area contributed by atoms with Gasteiger partial charge in [0.25, 0.3) is 0 Å². The smallest absolute Gasteiger partial charge is 0.150 e. The highest BCUT2D eigenvalue weighted by atomic mass is 16.3. The highest BCUT2D eigenvalue weighted by Gasteiger charge is 2.13. The van der Waals surface area contributed by atoms with E-state index in [-0.39, 0.29) is 6.54 Å². The van der Waals surface area contributed by atoms with Crippen molar-refractivity contribution in [1.29, 1.82) is 0 Å². The first kappa shape index (κ1) is 12.5. The van der Waals surface area contributed by atoms with Crippen LogP contribution in [-0.4, -0.2) is 22.1 Å². The van der Waals surface area contributed by atoms with Crippen molar-refractivity contribution in [1.82, 2.24) is 4.57 Å². The first-order valence-electron chi connectivity index (χ1n) is 6.22. The lowest BCUT2D eigenvalue weighted by atomic mass is 10.1. The van der Waals surface area contributed by atoms with Crippen LogP contribution in [-0.2, 0) is 11.3 Å². The molecule has 0 radical (unpaired) electrons. The van der Waals surface area contributed by atoms with Crippen LogP contribution in [0.5, 0.6) is 0 Å². The van der Waals surface area contributed by atoms with Gasteiger partial charge in [-0.1, -0.05) is 18.2 Å². The zero-order chi connectivity index (χ0) is 14.1. The van der Waals surface area contributed by atoms with Crippen molar-refractivity contribution in [3.63, 3.8) is 0 Å². The van der Waals surface area contributed by atoms with Crippen LogP contribution in [0.3, 0.4) is 0 Å². The average molecular weight is 268 g/mol. The third kappa shape index (κ3) is 1.88.